The molecule has 1 rings (SSSR count). The highest BCUT2D eigenvalue weighted by Crippen LogP contribution is 2.18. The van der Waals surface area contributed by atoms with Crippen molar-refractivity contribution in [3.8, 4) is 0 Å². The maximum atomic E-state index is 14.0. The quantitative estimate of drug-likeness (QED) is 0.457. The van der Waals surface area contributed by atoms with Crippen molar-refractivity contribution in [3.63, 3.8) is 0 Å². The first kappa shape index (κ1) is 23.0. The number of benzene rings is 1. The van der Waals surface area contributed by atoms with Crippen LogP contribution in [0.5, 0.6) is 0 Å². The van der Waals surface area contributed by atoms with E-state index < -0.39 is 40.8 Å². The molecule has 0 aliphatic heterocycles. The fourth-order valence-electron chi connectivity index (χ4n) is 2.77. The molecule has 1 atom stereocenters. The van der Waals surface area contributed by atoms with Gasteiger partial charge in [-0.2, -0.15) is 0 Å². The van der Waals surface area contributed by atoms with Crippen molar-refractivity contribution in [2.75, 3.05) is 39.8 Å². The Balaban J connectivity index is 2.99. The van der Waals surface area contributed by atoms with Gasteiger partial charge in [-0.25, -0.2) is 13.2 Å². The van der Waals surface area contributed by atoms with Crippen LogP contribution in [0.1, 0.15) is 37.6 Å². The molecule has 1 unspecified atom stereocenters. The predicted octanol–water partition coefficient (Wildman–Crippen LogP) is 3.09. The lowest BCUT2D eigenvalue weighted by Gasteiger charge is -2.27. The van der Waals surface area contributed by atoms with Gasteiger partial charge in [0.15, 0.2) is 17.5 Å². The Hall–Kier alpha value is -2.09. The summed E-state index contributed by atoms with van der Waals surface area (Å²) in [5.41, 5.74) is -0.561. The van der Waals surface area contributed by atoms with Gasteiger partial charge in [0, 0.05) is 13.1 Å². The second-order valence-corrected chi connectivity index (χ2v) is 6.28. The van der Waals surface area contributed by atoms with Crippen LogP contribution in [0.2, 0.25) is 0 Å². The number of nitrogens with zero attached hydrogens (tertiary/aromatic N) is 2. The number of esters is 1. The van der Waals surface area contributed by atoms with Gasteiger partial charge < -0.3 is 14.5 Å². The first-order chi connectivity index (χ1) is 12.8. The fourth-order valence-corrected chi connectivity index (χ4v) is 2.77. The third kappa shape index (κ3) is 6.23. The van der Waals surface area contributed by atoms with Crippen LogP contribution in [0, 0.1) is 23.4 Å². The molecule has 0 radical (unpaired) electrons. The van der Waals surface area contributed by atoms with E-state index in [9.17, 15) is 22.8 Å². The minimum Gasteiger partial charge on any atom is -0.469 e. The Labute approximate surface area is 158 Å². The number of carbonyl (C=O) groups excluding carboxylic acids is 2. The number of hydrogen-bond donors (Lipinski definition) is 0. The molecule has 0 aliphatic rings. The van der Waals surface area contributed by atoms with Crippen molar-refractivity contribution in [1.29, 1.82) is 0 Å². The van der Waals surface area contributed by atoms with E-state index in [0.29, 0.717) is 19.0 Å². The summed E-state index contributed by atoms with van der Waals surface area (Å²) in [6.07, 6.45) is 0.590. The first-order valence-electron chi connectivity index (χ1n) is 8.99. The molecule has 8 heteroatoms. The van der Waals surface area contributed by atoms with Gasteiger partial charge in [0.25, 0.3) is 5.91 Å². The highest BCUT2D eigenvalue weighted by atomic mass is 19.2. The zero-order valence-electron chi connectivity index (χ0n) is 16.2. The van der Waals surface area contributed by atoms with Crippen molar-refractivity contribution in [3.05, 3.63) is 35.1 Å². The molecular weight excluding hydrogens is 361 g/mol. The molecule has 152 valence electrons. The number of methoxy groups -OCH3 is 1. The zero-order valence-corrected chi connectivity index (χ0v) is 16.2. The molecule has 0 saturated carbocycles. The molecule has 0 N–H and O–H groups in total. The normalized spacial score (nSPS) is 12.1. The molecule has 0 bridgehead atoms. The molecule has 1 amide bonds. The summed E-state index contributed by atoms with van der Waals surface area (Å²) in [7, 11) is 1.24. The van der Waals surface area contributed by atoms with Gasteiger partial charge in [-0.1, -0.05) is 20.8 Å². The molecule has 0 aliphatic carbocycles. The smallest absolute Gasteiger partial charge is 0.310 e. The average molecular weight is 388 g/mol. The topological polar surface area (TPSA) is 49.9 Å². The summed E-state index contributed by atoms with van der Waals surface area (Å²) in [5.74, 6) is -6.52. The lowest BCUT2D eigenvalue weighted by Crippen LogP contribution is -2.39. The molecule has 27 heavy (non-hydrogen) atoms. The predicted molar refractivity (Wildman–Crippen MR) is 95.8 cm³/mol. The van der Waals surface area contributed by atoms with Crippen LogP contribution < -0.4 is 0 Å². The van der Waals surface area contributed by atoms with Gasteiger partial charge in [0.1, 0.15) is 0 Å². The van der Waals surface area contributed by atoms with Gasteiger partial charge in [0.05, 0.1) is 18.6 Å². The summed E-state index contributed by atoms with van der Waals surface area (Å²) in [6.45, 7) is 8.26. The van der Waals surface area contributed by atoms with Crippen LogP contribution in [-0.2, 0) is 9.53 Å². The third-order valence-electron chi connectivity index (χ3n) is 4.45. The largest absolute Gasteiger partial charge is 0.469 e. The number of hydrogen-bond acceptors (Lipinski definition) is 4. The summed E-state index contributed by atoms with van der Waals surface area (Å²) in [4.78, 5) is 27.9. The van der Waals surface area contributed by atoms with Gasteiger partial charge in [-0.05, 0) is 38.2 Å². The maximum absolute atomic E-state index is 14.0. The zero-order chi connectivity index (χ0) is 20.6. The van der Waals surface area contributed by atoms with Crippen molar-refractivity contribution < 1.29 is 27.5 Å². The van der Waals surface area contributed by atoms with Gasteiger partial charge in [-0.3, -0.25) is 9.59 Å². The number of halogens is 3. The number of rotatable bonds is 10. The summed E-state index contributed by atoms with van der Waals surface area (Å²) in [6, 6.07) is 1.62. The Morgan fingerprint density at radius 2 is 1.70 bits per heavy atom. The highest BCUT2D eigenvalue weighted by molar-refractivity contribution is 5.94. The lowest BCUT2D eigenvalue weighted by atomic mass is 10.1. The monoisotopic (exact) mass is 388 g/mol. The van der Waals surface area contributed by atoms with E-state index >= 15 is 0 Å². The van der Waals surface area contributed by atoms with E-state index in [4.69, 9.17) is 0 Å². The van der Waals surface area contributed by atoms with E-state index in [1.54, 1.807) is 6.92 Å². The molecular formula is C19H27F3N2O3. The molecule has 5 nitrogen and oxygen atoms in total. The Morgan fingerprint density at radius 1 is 1.07 bits per heavy atom. The molecule has 0 saturated heterocycles. The Kier molecular flexibility index (Phi) is 9.28. The molecule has 0 fully saturated rings. The van der Waals surface area contributed by atoms with Gasteiger partial charge in [-0.15, -0.1) is 0 Å². The van der Waals surface area contributed by atoms with Crippen molar-refractivity contribution in [1.82, 2.24) is 9.80 Å². The fraction of sp³-hybridized carbons (Fsp3) is 0.579. The molecule has 0 heterocycles. The molecule has 0 aromatic heterocycles. The number of amides is 1. The van der Waals surface area contributed by atoms with Crippen LogP contribution in [0.4, 0.5) is 13.2 Å². The average Bonchev–Trinajstić information content (AvgIpc) is 2.67. The summed E-state index contributed by atoms with van der Waals surface area (Å²) >= 11 is 0. The highest BCUT2D eigenvalue weighted by Gasteiger charge is 2.26. The minimum atomic E-state index is -1.69. The van der Waals surface area contributed by atoms with E-state index in [0.717, 1.165) is 19.2 Å². The third-order valence-corrected chi connectivity index (χ3v) is 4.45. The van der Waals surface area contributed by atoms with E-state index in [-0.39, 0.29) is 13.1 Å². The van der Waals surface area contributed by atoms with Crippen LogP contribution >= 0.6 is 0 Å². The van der Waals surface area contributed by atoms with Crippen LogP contribution in [-0.4, -0.2) is 61.5 Å². The van der Waals surface area contributed by atoms with Crippen molar-refractivity contribution in [2.45, 2.75) is 27.2 Å². The SMILES string of the molecule is CCN(CC)CCCN(CC(C)C(=O)OC)C(=O)c1ccc(F)c(F)c1F. The standard InChI is InChI=1S/C19H27F3N2O3/c1-5-23(6-2)10-7-11-24(12-13(3)19(26)27-4)18(25)14-8-9-15(20)17(22)16(14)21/h8-9,13H,5-7,10-12H2,1-4H3. The lowest BCUT2D eigenvalue weighted by molar-refractivity contribution is -0.145. The minimum absolute atomic E-state index is 0.0117. The summed E-state index contributed by atoms with van der Waals surface area (Å²) in [5, 5.41) is 0. The van der Waals surface area contributed by atoms with Gasteiger partial charge in [0.2, 0.25) is 0 Å². The van der Waals surface area contributed by atoms with E-state index in [1.807, 2.05) is 13.8 Å². The first-order valence-corrected chi connectivity index (χ1v) is 8.99. The Morgan fingerprint density at radius 3 is 2.26 bits per heavy atom. The van der Waals surface area contributed by atoms with Crippen molar-refractivity contribution in [2.24, 2.45) is 5.92 Å². The Bertz CT molecular complexity index is 651. The number of ether oxygens (including phenoxy) is 1. The van der Waals surface area contributed by atoms with E-state index in [1.165, 1.54) is 12.0 Å². The van der Waals surface area contributed by atoms with Crippen LogP contribution in [0.25, 0.3) is 0 Å². The van der Waals surface area contributed by atoms with Crippen molar-refractivity contribution >= 4 is 11.9 Å². The van der Waals surface area contributed by atoms with Crippen LogP contribution in [0.15, 0.2) is 12.1 Å². The van der Waals surface area contributed by atoms with Crippen LogP contribution in [0.3, 0.4) is 0 Å². The second kappa shape index (κ2) is 10.9. The maximum Gasteiger partial charge on any atom is 0.310 e. The van der Waals surface area contributed by atoms with E-state index in [2.05, 4.69) is 9.64 Å². The molecule has 0 spiro atoms. The second-order valence-electron chi connectivity index (χ2n) is 6.28. The molecule has 1 aromatic rings. The summed E-state index contributed by atoms with van der Waals surface area (Å²) < 4.78 is 45.4. The van der Waals surface area contributed by atoms with Gasteiger partial charge >= 0.3 is 5.97 Å². The number of carbonyl (C=O) groups is 2. The molecule has 1 aromatic carbocycles.